The van der Waals surface area contributed by atoms with Crippen molar-refractivity contribution in [2.75, 3.05) is 7.11 Å². The first-order valence-corrected chi connectivity index (χ1v) is 4.99. The Balaban J connectivity index is 3.12. The number of aliphatic carboxylic acids is 1. The van der Waals surface area contributed by atoms with E-state index in [0.717, 1.165) is 17.5 Å². The van der Waals surface area contributed by atoms with E-state index < -0.39 is 11.9 Å². The number of carbonyl (C=O) groups is 1. The molecule has 1 atom stereocenters. The first-order chi connectivity index (χ1) is 7.10. The third-order valence-electron chi connectivity index (χ3n) is 2.54. The summed E-state index contributed by atoms with van der Waals surface area (Å²) in [5, 5.41) is 8.93. The number of hydrogen-bond acceptors (Lipinski definition) is 2. The molecule has 0 heterocycles. The van der Waals surface area contributed by atoms with E-state index in [-0.39, 0.29) is 0 Å². The predicted octanol–water partition coefficient (Wildman–Crippen LogP) is 2.45. The molecule has 0 spiro atoms. The maximum Gasteiger partial charge on any atom is 0.310 e. The second-order valence-corrected chi connectivity index (χ2v) is 3.49. The largest absolute Gasteiger partial charge is 0.496 e. The van der Waals surface area contributed by atoms with Crippen molar-refractivity contribution >= 4 is 5.97 Å². The second-order valence-electron chi connectivity index (χ2n) is 3.49. The van der Waals surface area contributed by atoms with Crippen molar-refractivity contribution in [3.63, 3.8) is 0 Å². The normalized spacial score (nSPS) is 12.2. The lowest BCUT2D eigenvalue weighted by molar-refractivity contribution is -0.138. The Morgan fingerprint density at radius 2 is 2.20 bits per heavy atom. The molecule has 0 saturated heterocycles. The standard InChI is InChI=1S/C12H16O3/c1-4-9-5-6-10(8(2)12(13)14)11(7-9)15-3/h5-8H,4H2,1-3H3,(H,13,14). The summed E-state index contributed by atoms with van der Waals surface area (Å²) in [5.41, 5.74) is 1.87. The lowest BCUT2D eigenvalue weighted by Gasteiger charge is -2.13. The zero-order chi connectivity index (χ0) is 11.4. The number of aryl methyl sites for hydroxylation is 1. The van der Waals surface area contributed by atoms with Gasteiger partial charge in [0.2, 0.25) is 0 Å². The number of hydrogen-bond donors (Lipinski definition) is 1. The van der Waals surface area contributed by atoms with Crippen molar-refractivity contribution in [3.05, 3.63) is 29.3 Å². The van der Waals surface area contributed by atoms with Crippen LogP contribution in [0.5, 0.6) is 5.75 Å². The number of benzene rings is 1. The van der Waals surface area contributed by atoms with Crippen molar-refractivity contribution in [2.45, 2.75) is 26.2 Å². The molecule has 3 heteroatoms. The smallest absolute Gasteiger partial charge is 0.310 e. The number of carboxylic acids is 1. The summed E-state index contributed by atoms with van der Waals surface area (Å²) in [4.78, 5) is 10.9. The number of methoxy groups -OCH3 is 1. The molecular formula is C12H16O3. The minimum absolute atomic E-state index is 0.536. The predicted molar refractivity (Wildman–Crippen MR) is 58.4 cm³/mol. The average molecular weight is 208 g/mol. The van der Waals surface area contributed by atoms with E-state index in [1.165, 1.54) is 0 Å². The van der Waals surface area contributed by atoms with Crippen LogP contribution in [0.15, 0.2) is 18.2 Å². The Morgan fingerprint density at radius 1 is 1.53 bits per heavy atom. The van der Waals surface area contributed by atoms with Gasteiger partial charge in [0.1, 0.15) is 5.75 Å². The summed E-state index contributed by atoms with van der Waals surface area (Å²) in [5.74, 6) is -0.715. The van der Waals surface area contributed by atoms with Gasteiger partial charge in [-0.3, -0.25) is 4.79 Å². The van der Waals surface area contributed by atoms with E-state index in [2.05, 4.69) is 6.92 Å². The Kier molecular flexibility index (Phi) is 3.72. The summed E-state index contributed by atoms with van der Waals surface area (Å²) < 4.78 is 5.20. The van der Waals surface area contributed by atoms with Crippen LogP contribution in [0.3, 0.4) is 0 Å². The van der Waals surface area contributed by atoms with Crippen molar-refractivity contribution < 1.29 is 14.6 Å². The average Bonchev–Trinajstić information content (AvgIpc) is 2.27. The Hall–Kier alpha value is -1.51. The van der Waals surface area contributed by atoms with Gasteiger partial charge in [-0.2, -0.15) is 0 Å². The first-order valence-electron chi connectivity index (χ1n) is 4.99. The van der Waals surface area contributed by atoms with Crippen LogP contribution in [0.2, 0.25) is 0 Å². The minimum Gasteiger partial charge on any atom is -0.496 e. The molecule has 1 rings (SSSR count). The summed E-state index contributed by atoms with van der Waals surface area (Å²) in [7, 11) is 1.56. The van der Waals surface area contributed by atoms with Gasteiger partial charge in [0, 0.05) is 5.56 Å². The van der Waals surface area contributed by atoms with E-state index in [4.69, 9.17) is 9.84 Å². The number of carboxylic acid groups (broad SMARTS) is 1. The quantitative estimate of drug-likeness (QED) is 0.826. The zero-order valence-corrected chi connectivity index (χ0v) is 9.28. The molecule has 0 saturated carbocycles. The third kappa shape index (κ3) is 2.49. The molecule has 0 aromatic heterocycles. The van der Waals surface area contributed by atoms with Crippen molar-refractivity contribution in [1.82, 2.24) is 0 Å². The van der Waals surface area contributed by atoms with Gasteiger partial charge >= 0.3 is 5.97 Å². The first kappa shape index (κ1) is 11.6. The highest BCUT2D eigenvalue weighted by Crippen LogP contribution is 2.27. The fourth-order valence-electron chi connectivity index (χ4n) is 1.47. The SMILES string of the molecule is CCc1ccc(C(C)C(=O)O)c(OC)c1. The molecule has 1 unspecified atom stereocenters. The molecule has 0 aliphatic rings. The van der Waals surface area contributed by atoms with E-state index in [1.807, 2.05) is 18.2 Å². The van der Waals surface area contributed by atoms with Gasteiger partial charge in [0.15, 0.2) is 0 Å². The summed E-state index contributed by atoms with van der Waals surface area (Å²) in [6.45, 7) is 3.71. The zero-order valence-electron chi connectivity index (χ0n) is 9.28. The van der Waals surface area contributed by atoms with Gasteiger partial charge < -0.3 is 9.84 Å². The van der Waals surface area contributed by atoms with Crippen LogP contribution in [0.1, 0.15) is 30.9 Å². The summed E-state index contributed by atoms with van der Waals surface area (Å²) in [6, 6.07) is 5.67. The number of ether oxygens (including phenoxy) is 1. The van der Waals surface area contributed by atoms with Crippen LogP contribution < -0.4 is 4.74 Å². The molecule has 0 radical (unpaired) electrons. The lowest BCUT2D eigenvalue weighted by atomic mass is 9.98. The molecule has 1 aromatic rings. The molecule has 0 bridgehead atoms. The Morgan fingerprint density at radius 3 is 2.67 bits per heavy atom. The number of rotatable bonds is 4. The van der Waals surface area contributed by atoms with Gasteiger partial charge in [-0.05, 0) is 25.0 Å². The summed E-state index contributed by atoms with van der Waals surface area (Å²) in [6.07, 6.45) is 0.915. The van der Waals surface area contributed by atoms with Crippen molar-refractivity contribution in [1.29, 1.82) is 0 Å². The Bertz CT molecular complexity index is 358. The van der Waals surface area contributed by atoms with E-state index in [9.17, 15) is 4.79 Å². The molecular weight excluding hydrogens is 192 g/mol. The second kappa shape index (κ2) is 4.82. The molecule has 15 heavy (non-hydrogen) atoms. The van der Waals surface area contributed by atoms with E-state index >= 15 is 0 Å². The van der Waals surface area contributed by atoms with Crippen LogP contribution in [0, 0.1) is 0 Å². The highest BCUT2D eigenvalue weighted by atomic mass is 16.5. The molecule has 0 aliphatic carbocycles. The Labute approximate surface area is 89.7 Å². The third-order valence-corrected chi connectivity index (χ3v) is 2.54. The van der Waals surface area contributed by atoms with Crippen LogP contribution in [-0.2, 0) is 11.2 Å². The molecule has 82 valence electrons. The van der Waals surface area contributed by atoms with Gasteiger partial charge in [0.05, 0.1) is 13.0 Å². The molecule has 0 amide bonds. The molecule has 1 aromatic carbocycles. The van der Waals surface area contributed by atoms with Crippen molar-refractivity contribution in [3.8, 4) is 5.75 Å². The molecule has 0 aliphatic heterocycles. The van der Waals surface area contributed by atoms with Crippen LogP contribution in [0.25, 0.3) is 0 Å². The fraction of sp³-hybridized carbons (Fsp3) is 0.417. The molecule has 3 nitrogen and oxygen atoms in total. The highest BCUT2D eigenvalue weighted by Gasteiger charge is 2.17. The van der Waals surface area contributed by atoms with Crippen LogP contribution in [-0.4, -0.2) is 18.2 Å². The van der Waals surface area contributed by atoms with E-state index in [1.54, 1.807) is 14.0 Å². The van der Waals surface area contributed by atoms with Crippen LogP contribution in [0.4, 0.5) is 0 Å². The lowest BCUT2D eigenvalue weighted by Crippen LogP contribution is -2.09. The topological polar surface area (TPSA) is 46.5 Å². The van der Waals surface area contributed by atoms with E-state index in [0.29, 0.717) is 5.75 Å². The minimum atomic E-state index is -0.836. The summed E-state index contributed by atoms with van der Waals surface area (Å²) >= 11 is 0. The monoisotopic (exact) mass is 208 g/mol. The maximum atomic E-state index is 10.9. The maximum absolute atomic E-state index is 10.9. The fourth-order valence-corrected chi connectivity index (χ4v) is 1.47. The van der Waals surface area contributed by atoms with Gasteiger partial charge in [0.25, 0.3) is 0 Å². The molecule has 1 N–H and O–H groups in total. The molecule has 0 fully saturated rings. The van der Waals surface area contributed by atoms with Gasteiger partial charge in [-0.15, -0.1) is 0 Å². The highest BCUT2D eigenvalue weighted by molar-refractivity contribution is 5.76. The van der Waals surface area contributed by atoms with Gasteiger partial charge in [-0.25, -0.2) is 0 Å². The van der Waals surface area contributed by atoms with Gasteiger partial charge in [-0.1, -0.05) is 19.1 Å². The van der Waals surface area contributed by atoms with Crippen molar-refractivity contribution in [2.24, 2.45) is 0 Å². The van der Waals surface area contributed by atoms with Crippen LogP contribution >= 0.6 is 0 Å².